The second kappa shape index (κ2) is 1.97. The van der Waals surface area contributed by atoms with E-state index in [-0.39, 0.29) is 17.6 Å². The van der Waals surface area contributed by atoms with E-state index in [1.165, 1.54) is 6.92 Å². The molecule has 0 radical (unpaired) electrons. The van der Waals surface area contributed by atoms with Crippen molar-refractivity contribution in [3.63, 3.8) is 0 Å². The van der Waals surface area contributed by atoms with Crippen LogP contribution in [0.3, 0.4) is 0 Å². The van der Waals surface area contributed by atoms with Gasteiger partial charge in [0.25, 0.3) is 0 Å². The third-order valence-corrected chi connectivity index (χ3v) is 0.899. The molecule has 0 unspecified atom stereocenters. The van der Waals surface area contributed by atoms with Crippen molar-refractivity contribution in [2.24, 2.45) is 0 Å². The van der Waals surface area contributed by atoms with Crippen LogP contribution in [0.4, 0.5) is 0 Å². The first-order valence-corrected chi connectivity index (χ1v) is 2.45. The summed E-state index contributed by atoms with van der Waals surface area (Å²) in [5.74, 6) is -1.33. The number of aromatic hydroxyl groups is 2. The fourth-order valence-corrected chi connectivity index (χ4v) is 0.480. The molecule has 0 bridgehead atoms. The molecule has 0 fully saturated rings. The number of hydrogen-bond donors (Lipinski definition) is 2. The molecule has 2 nitrogen and oxygen atoms in total. The van der Waals surface area contributed by atoms with Crippen LogP contribution in [0.5, 0.6) is 11.5 Å². The van der Waals surface area contributed by atoms with Crippen LogP contribution in [0.2, 0.25) is 0 Å². The Bertz CT molecular complexity index is 231. The second-order valence-corrected chi connectivity index (χ2v) is 1.70. The quantitative estimate of drug-likeness (QED) is 0.521. The molecule has 48 valence electrons. The summed E-state index contributed by atoms with van der Waals surface area (Å²) in [5.41, 5.74) is 0.190. The highest BCUT2D eigenvalue weighted by molar-refractivity contribution is 5.39. The Labute approximate surface area is 57.6 Å². The number of rotatable bonds is 0. The molecule has 0 saturated heterocycles. The summed E-state index contributed by atoms with van der Waals surface area (Å²) in [6.07, 6.45) is 0. The molecular weight excluding hydrogens is 116 g/mol. The molecule has 0 spiro atoms. The maximum absolute atomic E-state index is 9.05. The Morgan fingerprint density at radius 2 is 2.00 bits per heavy atom. The summed E-state index contributed by atoms with van der Waals surface area (Å²) in [6.45, 7) is 1.45. The SMILES string of the molecule is [3H]c1c([3H])c(O)c(O)c([3H])c1C. The molecule has 2 heteroatoms. The second-order valence-electron chi connectivity index (χ2n) is 1.70. The van der Waals surface area contributed by atoms with Crippen LogP contribution >= 0.6 is 0 Å². The van der Waals surface area contributed by atoms with Crippen LogP contribution in [0, 0.1) is 6.92 Å². The van der Waals surface area contributed by atoms with Gasteiger partial charge in [-0.15, -0.1) is 0 Å². The van der Waals surface area contributed by atoms with Gasteiger partial charge in [-0.25, -0.2) is 0 Å². The van der Waals surface area contributed by atoms with Gasteiger partial charge in [-0.2, -0.15) is 0 Å². The molecule has 1 aromatic rings. The standard InChI is InChI=1S/C7H8O2/c1-5-2-3-6(8)7(9)4-5/h2-4,8-9H,1H3/i2T,3T,4T. The molecule has 0 saturated carbocycles. The van der Waals surface area contributed by atoms with E-state index in [1.54, 1.807) is 0 Å². The Kier molecular flexibility index (Phi) is 0.681. The smallest absolute Gasteiger partial charge is 0.157 e. The zero-order valence-corrected chi connectivity index (χ0v) is 4.89. The molecule has 1 aromatic carbocycles. The Hall–Kier alpha value is -1.18. The van der Waals surface area contributed by atoms with Gasteiger partial charge >= 0.3 is 0 Å². The molecule has 0 aliphatic carbocycles. The minimum Gasteiger partial charge on any atom is -0.504 e. The van der Waals surface area contributed by atoms with E-state index in [9.17, 15) is 0 Å². The maximum atomic E-state index is 9.05. The van der Waals surface area contributed by atoms with Crippen LogP contribution in [-0.4, -0.2) is 10.2 Å². The Balaban J connectivity index is 3.60. The lowest BCUT2D eigenvalue weighted by molar-refractivity contribution is 0.403. The minimum atomic E-state index is -0.699. The van der Waals surface area contributed by atoms with Crippen molar-refractivity contribution in [1.82, 2.24) is 0 Å². The molecule has 0 aromatic heterocycles. The summed E-state index contributed by atoms with van der Waals surface area (Å²) >= 11 is 0. The van der Waals surface area contributed by atoms with Crippen molar-refractivity contribution >= 4 is 0 Å². The highest BCUT2D eigenvalue weighted by atomic mass is 16.3. The van der Waals surface area contributed by atoms with Gasteiger partial charge in [-0.3, -0.25) is 0 Å². The van der Waals surface area contributed by atoms with E-state index in [4.69, 9.17) is 14.3 Å². The maximum Gasteiger partial charge on any atom is 0.157 e. The fraction of sp³-hybridized carbons (Fsp3) is 0.143. The van der Waals surface area contributed by atoms with E-state index in [0.29, 0.717) is 0 Å². The average Bonchev–Trinajstić information content (AvgIpc) is 2.08. The van der Waals surface area contributed by atoms with Crippen molar-refractivity contribution < 1.29 is 14.3 Å². The number of phenols is 2. The van der Waals surface area contributed by atoms with Gasteiger partial charge in [0.05, 0.1) is 4.11 Å². The molecule has 2 N–H and O–H groups in total. The van der Waals surface area contributed by atoms with Gasteiger partial charge in [0, 0.05) is 0 Å². The Morgan fingerprint density at radius 1 is 1.33 bits per heavy atom. The molecule has 0 amide bonds. The molecule has 0 aliphatic heterocycles. The highest BCUT2D eigenvalue weighted by Crippen LogP contribution is 2.23. The topological polar surface area (TPSA) is 40.5 Å². The lowest BCUT2D eigenvalue weighted by Gasteiger charge is -1.95. The van der Waals surface area contributed by atoms with Crippen LogP contribution in [-0.2, 0) is 0 Å². The summed E-state index contributed by atoms with van der Waals surface area (Å²) in [5, 5.41) is 18.1. The zero-order valence-electron chi connectivity index (χ0n) is 7.89. The molecule has 9 heavy (non-hydrogen) atoms. The van der Waals surface area contributed by atoms with Gasteiger partial charge in [0.1, 0.15) is 0 Å². The van der Waals surface area contributed by atoms with Gasteiger partial charge in [0.15, 0.2) is 11.5 Å². The first-order chi connectivity index (χ1) is 5.46. The predicted molar refractivity (Wildman–Crippen MR) is 34.5 cm³/mol. The van der Waals surface area contributed by atoms with E-state index < -0.39 is 17.5 Å². The largest absolute Gasteiger partial charge is 0.504 e. The first-order valence-electron chi connectivity index (χ1n) is 3.95. The first kappa shape index (κ1) is 3.11. The zero-order chi connectivity index (χ0) is 9.46. The van der Waals surface area contributed by atoms with E-state index >= 15 is 0 Å². The van der Waals surface area contributed by atoms with E-state index in [1.807, 2.05) is 0 Å². The van der Waals surface area contributed by atoms with Crippen molar-refractivity contribution in [3.8, 4) is 11.5 Å². The number of hydrogen-bond acceptors (Lipinski definition) is 2. The van der Waals surface area contributed by atoms with Crippen LogP contribution in [0.25, 0.3) is 0 Å². The van der Waals surface area contributed by atoms with Crippen molar-refractivity contribution in [2.75, 3.05) is 0 Å². The van der Waals surface area contributed by atoms with Crippen molar-refractivity contribution in [2.45, 2.75) is 6.92 Å². The Morgan fingerprint density at radius 3 is 2.67 bits per heavy atom. The summed E-state index contributed by atoms with van der Waals surface area (Å²) < 4.78 is 21.6. The summed E-state index contributed by atoms with van der Waals surface area (Å²) in [4.78, 5) is 0. The van der Waals surface area contributed by atoms with Gasteiger partial charge in [-0.1, -0.05) is 6.04 Å². The minimum absolute atomic E-state index is 0.190. The number of benzene rings is 1. The highest BCUT2D eigenvalue weighted by Gasteiger charge is 1.94. The summed E-state index contributed by atoms with van der Waals surface area (Å²) in [6, 6.07) is -0.968. The van der Waals surface area contributed by atoms with Crippen molar-refractivity contribution in [1.29, 1.82) is 0 Å². The van der Waals surface area contributed by atoms with Gasteiger partial charge in [-0.05, 0) is 24.6 Å². The van der Waals surface area contributed by atoms with Crippen LogP contribution in [0.1, 0.15) is 9.68 Å². The van der Waals surface area contributed by atoms with Gasteiger partial charge < -0.3 is 10.2 Å². The van der Waals surface area contributed by atoms with Crippen LogP contribution < -0.4 is 0 Å². The lowest BCUT2D eigenvalue weighted by Crippen LogP contribution is -1.70. The average molecular weight is 130 g/mol. The molecule has 0 heterocycles. The molecule has 0 atom stereocenters. The molecular formula is C7H8O2. The van der Waals surface area contributed by atoms with Gasteiger partial charge in [0.2, 0.25) is 0 Å². The predicted octanol–water partition coefficient (Wildman–Crippen LogP) is 1.41. The monoisotopic (exact) mass is 130 g/mol. The molecule has 1 rings (SSSR count). The third-order valence-electron chi connectivity index (χ3n) is 0.899. The lowest BCUT2D eigenvalue weighted by atomic mass is 10.2. The van der Waals surface area contributed by atoms with Crippen molar-refractivity contribution in [3.05, 3.63) is 23.7 Å². The molecule has 0 aliphatic rings. The number of phenolic OH excluding ortho intramolecular Hbond substituents is 2. The fourth-order valence-electron chi connectivity index (χ4n) is 0.480. The van der Waals surface area contributed by atoms with E-state index in [0.717, 1.165) is 0 Å². The summed E-state index contributed by atoms with van der Waals surface area (Å²) in [7, 11) is 0. The third kappa shape index (κ3) is 1.13. The van der Waals surface area contributed by atoms with E-state index in [2.05, 4.69) is 0 Å². The normalized spacial score (nSPS) is 14.1. The van der Waals surface area contributed by atoms with Crippen LogP contribution in [0.15, 0.2) is 18.1 Å².